The Bertz CT molecular complexity index is 1250. The van der Waals surface area contributed by atoms with Crippen molar-refractivity contribution in [3.05, 3.63) is 64.5 Å². The molecule has 2 aromatic heterocycles. The van der Waals surface area contributed by atoms with Crippen LogP contribution in [0.2, 0.25) is 5.02 Å². The van der Waals surface area contributed by atoms with Crippen molar-refractivity contribution < 1.29 is 14.3 Å². The van der Waals surface area contributed by atoms with Crippen LogP contribution in [0.25, 0.3) is 21.5 Å². The van der Waals surface area contributed by atoms with Gasteiger partial charge in [0, 0.05) is 27.7 Å². The van der Waals surface area contributed by atoms with Gasteiger partial charge >= 0.3 is 0 Å². The highest BCUT2D eigenvalue weighted by atomic mass is 35.5. The minimum Gasteiger partial charge on any atom is -0.454 e. The Hall–Kier alpha value is -3.29. The van der Waals surface area contributed by atoms with Gasteiger partial charge in [-0.3, -0.25) is 4.79 Å². The average molecular weight is 424 g/mol. The van der Waals surface area contributed by atoms with E-state index in [2.05, 4.69) is 10.3 Å². The number of pyridine rings is 1. The Morgan fingerprint density at radius 3 is 2.69 bits per heavy atom. The Balaban J connectivity index is 1.46. The maximum Gasteiger partial charge on any atom is 0.267 e. The van der Waals surface area contributed by atoms with Gasteiger partial charge in [0.1, 0.15) is 9.71 Å². The van der Waals surface area contributed by atoms with Gasteiger partial charge in [-0.2, -0.15) is 0 Å². The Kier molecular flexibility index (Phi) is 4.26. The van der Waals surface area contributed by atoms with E-state index in [1.54, 1.807) is 18.2 Å². The molecule has 6 nitrogen and oxygen atoms in total. The highest BCUT2D eigenvalue weighted by molar-refractivity contribution is 7.21. The largest absolute Gasteiger partial charge is 0.454 e. The van der Waals surface area contributed by atoms with Crippen LogP contribution in [0.5, 0.6) is 11.5 Å². The zero-order chi connectivity index (χ0) is 20.0. The second-order valence-corrected chi connectivity index (χ2v) is 7.86. The molecule has 0 unspecified atom stereocenters. The summed E-state index contributed by atoms with van der Waals surface area (Å²) in [6.07, 6.45) is 0. The Morgan fingerprint density at radius 2 is 1.86 bits per heavy atom. The van der Waals surface area contributed by atoms with Crippen LogP contribution in [0, 0.1) is 0 Å². The van der Waals surface area contributed by atoms with E-state index in [1.807, 2.05) is 36.4 Å². The van der Waals surface area contributed by atoms with Crippen molar-refractivity contribution in [3.8, 4) is 22.8 Å². The van der Waals surface area contributed by atoms with Crippen molar-refractivity contribution in [2.45, 2.75) is 0 Å². The number of thiophene rings is 1. The maximum atomic E-state index is 12.8. The fourth-order valence-corrected chi connectivity index (χ4v) is 4.22. The average Bonchev–Trinajstić information content (AvgIpc) is 3.32. The lowest BCUT2D eigenvalue weighted by atomic mass is 10.1. The van der Waals surface area contributed by atoms with Crippen molar-refractivity contribution in [1.82, 2.24) is 4.98 Å². The summed E-state index contributed by atoms with van der Waals surface area (Å²) in [4.78, 5) is 18.6. The van der Waals surface area contributed by atoms with Crippen molar-refractivity contribution >= 4 is 50.4 Å². The number of halogens is 1. The predicted molar refractivity (Wildman–Crippen MR) is 115 cm³/mol. The highest BCUT2D eigenvalue weighted by Gasteiger charge is 2.19. The second kappa shape index (κ2) is 6.95. The summed E-state index contributed by atoms with van der Waals surface area (Å²) in [5.74, 6) is 0.960. The van der Waals surface area contributed by atoms with Crippen LogP contribution >= 0.6 is 22.9 Å². The monoisotopic (exact) mass is 423 g/mol. The number of rotatable bonds is 3. The van der Waals surface area contributed by atoms with Crippen LogP contribution in [-0.2, 0) is 0 Å². The summed E-state index contributed by atoms with van der Waals surface area (Å²) < 4.78 is 10.6. The molecule has 1 aliphatic rings. The number of aromatic nitrogens is 1. The van der Waals surface area contributed by atoms with E-state index < -0.39 is 0 Å². The molecule has 0 saturated heterocycles. The van der Waals surface area contributed by atoms with E-state index >= 15 is 0 Å². The Labute approximate surface area is 174 Å². The lowest BCUT2D eigenvalue weighted by Gasteiger charge is -2.05. The van der Waals surface area contributed by atoms with Crippen LogP contribution < -0.4 is 20.5 Å². The summed E-state index contributed by atoms with van der Waals surface area (Å²) in [5, 5.41) is 4.27. The van der Waals surface area contributed by atoms with Crippen molar-refractivity contribution in [1.29, 1.82) is 0 Å². The molecule has 1 aliphatic heterocycles. The maximum absolute atomic E-state index is 12.8. The molecule has 3 N–H and O–H groups in total. The molecule has 4 aromatic rings. The van der Waals surface area contributed by atoms with Gasteiger partial charge in [0.05, 0.1) is 11.4 Å². The quantitative estimate of drug-likeness (QED) is 0.474. The summed E-state index contributed by atoms with van der Waals surface area (Å²) in [7, 11) is 0. The topological polar surface area (TPSA) is 86.5 Å². The van der Waals surface area contributed by atoms with Gasteiger partial charge in [0.15, 0.2) is 11.5 Å². The van der Waals surface area contributed by atoms with E-state index in [1.165, 1.54) is 11.3 Å². The fraction of sp³-hybridized carbons (Fsp3) is 0.0476. The molecular weight excluding hydrogens is 410 g/mol. The first-order valence-corrected chi connectivity index (χ1v) is 9.94. The summed E-state index contributed by atoms with van der Waals surface area (Å²) >= 11 is 7.22. The van der Waals surface area contributed by atoms with Gasteiger partial charge in [0.2, 0.25) is 6.79 Å². The Morgan fingerprint density at radius 1 is 1.07 bits per heavy atom. The first kappa shape index (κ1) is 17.8. The van der Waals surface area contributed by atoms with Gasteiger partial charge < -0.3 is 20.5 Å². The number of ether oxygens (including phenoxy) is 2. The van der Waals surface area contributed by atoms with Gasteiger partial charge in [-0.05, 0) is 36.4 Å². The minimum absolute atomic E-state index is 0.178. The van der Waals surface area contributed by atoms with Gasteiger partial charge in [0.25, 0.3) is 5.91 Å². The molecule has 0 saturated carbocycles. The van der Waals surface area contributed by atoms with Crippen molar-refractivity contribution in [2.24, 2.45) is 0 Å². The molecule has 0 bridgehead atoms. The number of hydrogen-bond donors (Lipinski definition) is 2. The summed E-state index contributed by atoms with van der Waals surface area (Å²) in [6, 6.07) is 16.4. The molecule has 0 fully saturated rings. The second-order valence-electron chi connectivity index (χ2n) is 6.42. The number of benzene rings is 2. The van der Waals surface area contributed by atoms with Crippen molar-refractivity contribution in [2.75, 3.05) is 17.8 Å². The van der Waals surface area contributed by atoms with Crippen LogP contribution in [0.15, 0.2) is 54.6 Å². The van der Waals surface area contributed by atoms with E-state index in [0.29, 0.717) is 37.6 Å². The number of amides is 1. The molecule has 2 aromatic carbocycles. The number of nitrogens with two attached hydrogens (primary N) is 1. The summed E-state index contributed by atoms with van der Waals surface area (Å²) in [6.45, 7) is 0.178. The van der Waals surface area contributed by atoms with Crippen LogP contribution in [0.4, 0.5) is 11.4 Å². The molecule has 144 valence electrons. The molecular formula is C21H14ClN3O3S. The third kappa shape index (κ3) is 3.24. The molecule has 3 heterocycles. The number of hydrogen-bond acceptors (Lipinski definition) is 6. The lowest BCUT2D eigenvalue weighted by molar-refractivity contribution is 0.103. The van der Waals surface area contributed by atoms with E-state index in [4.69, 9.17) is 26.8 Å². The van der Waals surface area contributed by atoms with E-state index in [-0.39, 0.29) is 12.7 Å². The smallest absolute Gasteiger partial charge is 0.267 e. The first-order valence-electron chi connectivity index (χ1n) is 8.74. The lowest BCUT2D eigenvalue weighted by Crippen LogP contribution is -2.11. The fourth-order valence-electron chi connectivity index (χ4n) is 3.11. The van der Waals surface area contributed by atoms with E-state index in [9.17, 15) is 4.79 Å². The molecule has 8 heteroatoms. The zero-order valence-electron chi connectivity index (χ0n) is 14.9. The molecule has 1 amide bonds. The van der Waals surface area contributed by atoms with Crippen LogP contribution in [0.3, 0.4) is 0 Å². The van der Waals surface area contributed by atoms with Crippen LogP contribution in [-0.4, -0.2) is 17.7 Å². The molecule has 0 atom stereocenters. The normalized spacial score (nSPS) is 12.3. The third-order valence-corrected chi connectivity index (χ3v) is 5.94. The molecule has 0 radical (unpaired) electrons. The highest BCUT2D eigenvalue weighted by Crippen LogP contribution is 2.37. The molecule has 29 heavy (non-hydrogen) atoms. The van der Waals surface area contributed by atoms with Gasteiger partial charge in [-0.25, -0.2) is 4.98 Å². The number of fused-ring (bicyclic) bond motifs is 2. The summed E-state index contributed by atoms with van der Waals surface area (Å²) in [5.41, 5.74) is 8.99. The molecule has 0 spiro atoms. The standard InChI is InChI=1S/C21H14ClN3O3S/c22-12-3-1-11(2-4-12)15-7-6-14-18(23)19(29-21(14)25-15)20(26)24-13-5-8-16-17(9-13)28-10-27-16/h1-9H,10,23H2,(H,24,26). The van der Waals surface area contributed by atoms with Gasteiger partial charge in [-0.1, -0.05) is 23.7 Å². The third-order valence-electron chi connectivity index (χ3n) is 4.57. The first-order chi connectivity index (χ1) is 14.1. The minimum atomic E-state index is -0.294. The zero-order valence-corrected chi connectivity index (χ0v) is 16.5. The molecule has 0 aliphatic carbocycles. The number of carbonyl (C=O) groups excluding carboxylic acids is 1. The predicted octanol–water partition coefficient (Wildman–Crippen LogP) is 5.18. The number of anilines is 2. The number of nitrogens with one attached hydrogen (secondary N) is 1. The van der Waals surface area contributed by atoms with Crippen LogP contribution in [0.1, 0.15) is 9.67 Å². The number of nitrogens with zero attached hydrogens (tertiary/aromatic N) is 1. The van der Waals surface area contributed by atoms with Gasteiger partial charge in [-0.15, -0.1) is 11.3 Å². The molecule has 5 rings (SSSR count). The number of nitrogen functional groups attached to an aromatic ring is 1. The van der Waals surface area contributed by atoms with Crippen molar-refractivity contribution in [3.63, 3.8) is 0 Å². The SMILES string of the molecule is Nc1c(C(=O)Nc2ccc3c(c2)OCO3)sc2nc(-c3ccc(Cl)cc3)ccc12. The number of carbonyl (C=O) groups is 1. The van der Waals surface area contributed by atoms with E-state index in [0.717, 1.165) is 16.6 Å².